The Morgan fingerprint density at radius 3 is 1.92 bits per heavy atom. The van der Waals surface area contributed by atoms with Gasteiger partial charge in [0, 0.05) is 36.5 Å². The minimum Gasteiger partial charge on any atom is -0.455 e. The van der Waals surface area contributed by atoms with E-state index in [0.717, 1.165) is 33.4 Å². The van der Waals surface area contributed by atoms with Crippen LogP contribution in [0.5, 0.6) is 0 Å². The van der Waals surface area contributed by atoms with Crippen molar-refractivity contribution in [3.05, 3.63) is 143 Å². The van der Waals surface area contributed by atoms with Crippen molar-refractivity contribution in [3.8, 4) is 0 Å². The Bertz CT molecular complexity index is 1560. The Morgan fingerprint density at radius 1 is 0.667 bits per heavy atom. The normalized spacial score (nSPS) is 26.8. The Kier molecular flexibility index (Phi) is 4.30. The van der Waals surface area contributed by atoms with E-state index >= 15 is 4.79 Å². The number of fused-ring (bicyclic) bond motifs is 6. The lowest BCUT2D eigenvalue weighted by atomic mass is 9.64. The van der Waals surface area contributed by atoms with Crippen LogP contribution in [0.15, 0.2) is 109 Å². The summed E-state index contributed by atoms with van der Waals surface area (Å²) >= 11 is 0. The average molecular weight is 473 g/mol. The van der Waals surface area contributed by atoms with E-state index in [4.69, 9.17) is 14.2 Å². The van der Waals surface area contributed by atoms with Gasteiger partial charge in [0.25, 0.3) is 5.79 Å². The van der Waals surface area contributed by atoms with Gasteiger partial charge in [-0.05, 0) is 16.7 Å². The summed E-state index contributed by atoms with van der Waals surface area (Å²) in [4.78, 5) is 15.1. The van der Waals surface area contributed by atoms with Crippen molar-refractivity contribution in [2.45, 2.75) is 11.4 Å². The molecule has 4 heteroatoms. The van der Waals surface area contributed by atoms with Gasteiger partial charge in [0.05, 0.1) is 0 Å². The SMILES string of the molecule is CO[C@]12OC(c3ccccc3)=C3c4ccccc4[C@](OC)(c4ccccc41)[C@]32C(=O)c1ccccc1. The number of Topliss-reactive ketones (excluding diaryl/α,β-unsaturated/α-hetero) is 1. The molecule has 7 rings (SSSR count). The molecule has 1 heterocycles. The van der Waals surface area contributed by atoms with E-state index in [1.807, 2.05) is 97.1 Å². The van der Waals surface area contributed by atoms with Crippen LogP contribution in [0.1, 0.15) is 38.2 Å². The van der Waals surface area contributed by atoms with Crippen molar-refractivity contribution in [2.24, 2.45) is 5.41 Å². The molecule has 0 bridgehead atoms. The third-order valence-corrected chi connectivity index (χ3v) is 8.11. The number of rotatable bonds is 5. The molecule has 0 N–H and O–H groups in total. The maximum atomic E-state index is 15.1. The minimum absolute atomic E-state index is 0.0971. The summed E-state index contributed by atoms with van der Waals surface area (Å²) in [6.07, 6.45) is 0. The quantitative estimate of drug-likeness (QED) is 0.326. The summed E-state index contributed by atoms with van der Waals surface area (Å²) < 4.78 is 20.0. The maximum absolute atomic E-state index is 15.1. The number of carbonyl (C=O) groups is 1. The second kappa shape index (κ2) is 7.26. The molecule has 1 aliphatic heterocycles. The van der Waals surface area contributed by atoms with Crippen LogP contribution in [0, 0.1) is 5.41 Å². The van der Waals surface area contributed by atoms with Crippen molar-refractivity contribution in [2.75, 3.05) is 14.2 Å². The number of carbonyl (C=O) groups excluding carboxylic acids is 1. The molecule has 2 aliphatic carbocycles. The molecule has 0 fully saturated rings. The molecule has 0 saturated heterocycles. The van der Waals surface area contributed by atoms with E-state index in [1.165, 1.54) is 0 Å². The molecule has 0 amide bonds. The number of benzene rings is 4. The van der Waals surface area contributed by atoms with Crippen LogP contribution in [0.2, 0.25) is 0 Å². The molecule has 4 nitrogen and oxygen atoms in total. The van der Waals surface area contributed by atoms with E-state index < -0.39 is 16.8 Å². The van der Waals surface area contributed by atoms with E-state index in [0.29, 0.717) is 11.3 Å². The van der Waals surface area contributed by atoms with Gasteiger partial charge >= 0.3 is 0 Å². The Morgan fingerprint density at radius 2 is 1.25 bits per heavy atom. The first-order valence-electron chi connectivity index (χ1n) is 12.1. The fourth-order valence-corrected chi connectivity index (χ4v) is 6.93. The number of hydrogen-bond donors (Lipinski definition) is 0. The van der Waals surface area contributed by atoms with E-state index in [-0.39, 0.29) is 5.78 Å². The van der Waals surface area contributed by atoms with Crippen LogP contribution in [-0.2, 0) is 25.6 Å². The van der Waals surface area contributed by atoms with E-state index in [9.17, 15) is 0 Å². The van der Waals surface area contributed by atoms with Gasteiger partial charge in [0.1, 0.15) is 11.4 Å². The number of ether oxygens (including phenoxy) is 3. The van der Waals surface area contributed by atoms with Crippen LogP contribution in [0.3, 0.4) is 0 Å². The lowest BCUT2D eigenvalue weighted by molar-refractivity contribution is -0.243. The summed E-state index contributed by atoms with van der Waals surface area (Å²) in [5.74, 6) is -0.880. The summed E-state index contributed by atoms with van der Waals surface area (Å²) in [5, 5.41) is 0. The Hall–Kier alpha value is -3.99. The third-order valence-electron chi connectivity index (χ3n) is 8.11. The zero-order valence-electron chi connectivity index (χ0n) is 20.0. The number of methoxy groups -OCH3 is 2. The van der Waals surface area contributed by atoms with Crippen molar-refractivity contribution in [1.82, 2.24) is 0 Å². The monoisotopic (exact) mass is 472 g/mol. The second-order valence-corrected chi connectivity index (χ2v) is 9.41. The standard InChI is InChI=1S/C32H24O4/c1-34-31-24-18-10-9-17-23(24)27-28(21-13-5-3-6-14-21)36-32(35-2,26-20-12-11-19-25(26)31)30(27,31)29(33)22-15-7-4-8-16-22/h3-20H,1-2H3/t30-,31+,32+/m1/s1. The van der Waals surface area contributed by atoms with Crippen molar-refractivity contribution >= 4 is 17.1 Å². The highest BCUT2D eigenvalue weighted by Gasteiger charge is 2.85. The first-order valence-corrected chi connectivity index (χ1v) is 12.1. The Labute approximate surface area is 209 Å². The van der Waals surface area contributed by atoms with Gasteiger partial charge < -0.3 is 14.2 Å². The molecule has 0 aromatic heterocycles. The topological polar surface area (TPSA) is 44.8 Å². The van der Waals surface area contributed by atoms with Gasteiger partial charge in [-0.25, -0.2) is 0 Å². The fraction of sp³-hybridized carbons (Fsp3) is 0.156. The van der Waals surface area contributed by atoms with Crippen LogP contribution >= 0.6 is 0 Å². The van der Waals surface area contributed by atoms with E-state index in [1.54, 1.807) is 14.2 Å². The molecule has 3 atom stereocenters. The third kappa shape index (κ3) is 2.13. The summed E-state index contributed by atoms with van der Waals surface area (Å²) in [7, 11) is 3.31. The number of hydrogen-bond acceptors (Lipinski definition) is 4. The summed E-state index contributed by atoms with van der Waals surface area (Å²) in [5.41, 5.74) is 3.35. The molecule has 0 radical (unpaired) electrons. The fourth-order valence-electron chi connectivity index (χ4n) is 6.93. The molecule has 0 unspecified atom stereocenters. The van der Waals surface area contributed by atoms with Crippen LogP contribution in [0.4, 0.5) is 0 Å². The van der Waals surface area contributed by atoms with Crippen LogP contribution in [-0.4, -0.2) is 20.0 Å². The lowest BCUT2D eigenvalue weighted by Gasteiger charge is -2.44. The molecule has 36 heavy (non-hydrogen) atoms. The van der Waals surface area contributed by atoms with Gasteiger partial charge in [-0.3, -0.25) is 4.79 Å². The highest BCUT2D eigenvalue weighted by atomic mass is 16.7. The Balaban J connectivity index is 1.72. The summed E-state index contributed by atoms with van der Waals surface area (Å²) in [6.45, 7) is 0. The predicted octanol–water partition coefficient (Wildman–Crippen LogP) is 6.17. The lowest BCUT2D eigenvalue weighted by Crippen LogP contribution is -2.56. The number of ketones is 1. The van der Waals surface area contributed by atoms with Crippen LogP contribution in [0.25, 0.3) is 11.3 Å². The van der Waals surface area contributed by atoms with Gasteiger partial charge in [-0.1, -0.05) is 109 Å². The van der Waals surface area contributed by atoms with Crippen LogP contribution < -0.4 is 0 Å². The molecule has 3 aliphatic rings. The van der Waals surface area contributed by atoms with E-state index in [2.05, 4.69) is 12.1 Å². The second-order valence-electron chi connectivity index (χ2n) is 9.41. The molecular formula is C32H24O4. The molecule has 4 aromatic rings. The smallest absolute Gasteiger partial charge is 0.258 e. The molecule has 0 saturated carbocycles. The molecular weight excluding hydrogens is 448 g/mol. The first-order chi connectivity index (χ1) is 17.7. The van der Waals surface area contributed by atoms with Crippen molar-refractivity contribution in [1.29, 1.82) is 0 Å². The predicted molar refractivity (Wildman–Crippen MR) is 137 cm³/mol. The molecule has 4 aromatic carbocycles. The first kappa shape index (κ1) is 21.3. The van der Waals surface area contributed by atoms with Gasteiger partial charge in [-0.2, -0.15) is 0 Å². The molecule has 176 valence electrons. The zero-order chi connectivity index (χ0) is 24.5. The maximum Gasteiger partial charge on any atom is 0.258 e. The van der Waals surface area contributed by atoms with Gasteiger partial charge in [0.2, 0.25) is 0 Å². The highest BCUT2D eigenvalue weighted by Crippen LogP contribution is 2.79. The van der Waals surface area contributed by atoms with Crippen molar-refractivity contribution in [3.63, 3.8) is 0 Å². The van der Waals surface area contributed by atoms with Gasteiger partial charge in [0.15, 0.2) is 11.2 Å². The highest BCUT2D eigenvalue weighted by molar-refractivity contribution is 6.19. The molecule has 0 spiro atoms. The van der Waals surface area contributed by atoms with Crippen molar-refractivity contribution < 1.29 is 19.0 Å². The largest absolute Gasteiger partial charge is 0.455 e. The van der Waals surface area contributed by atoms with Gasteiger partial charge in [-0.15, -0.1) is 0 Å². The average Bonchev–Trinajstić information content (AvgIpc) is 3.50. The zero-order valence-corrected chi connectivity index (χ0v) is 20.0. The summed E-state index contributed by atoms with van der Waals surface area (Å²) in [6, 6.07) is 35.4. The minimum atomic E-state index is -1.42.